The first-order valence-corrected chi connectivity index (χ1v) is 10.1. The van der Waals surface area contributed by atoms with Gasteiger partial charge >= 0.3 is 0 Å². The lowest BCUT2D eigenvalue weighted by atomic mass is 9.73. The van der Waals surface area contributed by atoms with Crippen LogP contribution in [0.2, 0.25) is 0 Å². The number of fused-ring (bicyclic) bond motifs is 1. The maximum Gasteiger partial charge on any atom is 0.193 e. The van der Waals surface area contributed by atoms with Gasteiger partial charge in [-0.15, -0.1) is 12.4 Å². The molecule has 2 nitrogen and oxygen atoms in total. The minimum atomic E-state index is -0.0549. The van der Waals surface area contributed by atoms with Gasteiger partial charge in [0.1, 0.15) is 0 Å². The SMILES string of the molecule is CCCN(CCC)[C@@]1(C)CCCc2cccc(C(=O)c3ccccc3)c21.Cl. The lowest BCUT2D eigenvalue weighted by Crippen LogP contribution is -2.47. The molecule has 0 aromatic heterocycles. The first-order chi connectivity index (χ1) is 12.6. The highest BCUT2D eigenvalue weighted by atomic mass is 35.5. The molecule has 0 unspecified atom stereocenters. The summed E-state index contributed by atoms with van der Waals surface area (Å²) in [5.74, 6) is 0.156. The zero-order chi connectivity index (χ0) is 18.6. The van der Waals surface area contributed by atoms with E-state index >= 15 is 0 Å². The summed E-state index contributed by atoms with van der Waals surface area (Å²) in [6, 6.07) is 16.0. The predicted molar refractivity (Wildman–Crippen MR) is 116 cm³/mol. The zero-order valence-electron chi connectivity index (χ0n) is 16.8. The number of benzene rings is 2. The molecular formula is C24H32ClNO. The van der Waals surface area contributed by atoms with Crippen LogP contribution in [0, 0.1) is 0 Å². The van der Waals surface area contributed by atoms with Gasteiger partial charge in [0.25, 0.3) is 0 Å². The van der Waals surface area contributed by atoms with Gasteiger partial charge in [-0.3, -0.25) is 9.69 Å². The van der Waals surface area contributed by atoms with Crippen LogP contribution in [0.1, 0.15) is 73.5 Å². The maximum absolute atomic E-state index is 13.3. The van der Waals surface area contributed by atoms with Gasteiger partial charge in [0.15, 0.2) is 5.78 Å². The Hall–Kier alpha value is -1.64. The Morgan fingerprint density at radius 2 is 1.67 bits per heavy atom. The van der Waals surface area contributed by atoms with Crippen LogP contribution in [-0.2, 0) is 12.0 Å². The van der Waals surface area contributed by atoms with Gasteiger partial charge in [0.05, 0.1) is 0 Å². The minimum absolute atomic E-state index is 0. The summed E-state index contributed by atoms with van der Waals surface area (Å²) in [5, 5.41) is 0. The van der Waals surface area contributed by atoms with E-state index in [-0.39, 0.29) is 23.7 Å². The summed E-state index contributed by atoms with van der Waals surface area (Å²) in [7, 11) is 0. The number of halogens is 1. The molecule has 0 fully saturated rings. The van der Waals surface area contributed by atoms with E-state index in [0.29, 0.717) is 0 Å². The summed E-state index contributed by atoms with van der Waals surface area (Å²) in [5.41, 5.74) is 4.26. The molecule has 3 heteroatoms. The van der Waals surface area contributed by atoms with E-state index in [1.54, 1.807) is 0 Å². The highest BCUT2D eigenvalue weighted by molar-refractivity contribution is 6.10. The molecule has 1 aliphatic rings. The van der Waals surface area contributed by atoms with Gasteiger partial charge in [-0.2, -0.15) is 0 Å². The fraction of sp³-hybridized carbons (Fsp3) is 0.458. The molecule has 3 rings (SSSR count). The second kappa shape index (κ2) is 9.52. The third-order valence-corrected chi connectivity index (χ3v) is 5.76. The van der Waals surface area contributed by atoms with Crippen LogP contribution in [0.15, 0.2) is 48.5 Å². The van der Waals surface area contributed by atoms with Crippen molar-refractivity contribution in [1.82, 2.24) is 4.90 Å². The Morgan fingerprint density at radius 3 is 2.30 bits per heavy atom. The monoisotopic (exact) mass is 385 g/mol. The van der Waals surface area contributed by atoms with Crippen molar-refractivity contribution in [3.8, 4) is 0 Å². The summed E-state index contributed by atoms with van der Waals surface area (Å²) in [6.45, 7) is 9.01. The van der Waals surface area contributed by atoms with E-state index < -0.39 is 0 Å². The van der Waals surface area contributed by atoms with Crippen LogP contribution >= 0.6 is 12.4 Å². The normalized spacial score (nSPS) is 18.7. The zero-order valence-corrected chi connectivity index (χ0v) is 17.6. The summed E-state index contributed by atoms with van der Waals surface area (Å²) >= 11 is 0. The fourth-order valence-electron chi connectivity index (χ4n) is 4.59. The van der Waals surface area contributed by atoms with Gasteiger partial charge in [-0.1, -0.05) is 62.4 Å². The predicted octanol–water partition coefficient (Wildman–Crippen LogP) is 6.01. The highest BCUT2D eigenvalue weighted by Gasteiger charge is 2.39. The number of rotatable bonds is 7. The van der Waals surface area contributed by atoms with E-state index in [4.69, 9.17) is 0 Å². The van der Waals surface area contributed by atoms with Gasteiger partial charge in [0.2, 0.25) is 0 Å². The van der Waals surface area contributed by atoms with Crippen molar-refractivity contribution in [1.29, 1.82) is 0 Å². The van der Waals surface area contributed by atoms with Crippen molar-refractivity contribution in [2.24, 2.45) is 0 Å². The van der Waals surface area contributed by atoms with Crippen LogP contribution in [0.3, 0.4) is 0 Å². The van der Waals surface area contributed by atoms with Crippen molar-refractivity contribution < 1.29 is 4.79 Å². The molecule has 0 bridgehead atoms. The van der Waals surface area contributed by atoms with E-state index in [9.17, 15) is 4.79 Å². The number of nitrogens with zero attached hydrogens (tertiary/aromatic N) is 1. The fourth-order valence-corrected chi connectivity index (χ4v) is 4.59. The molecule has 2 aromatic carbocycles. The molecule has 0 heterocycles. The van der Waals surface area contributed by atoms with E-state index in [2.05, 4.69) is 37.8 Å². The van der Waals surface area contributed by atoms with Crippen molar-refractivity contribution >= 4 is 18.2 Å². The van der Waals surface area contributed by atoms with Crippen molar-refractivity contribution in [2.75, 3.05) is 13.1 Å². The summed E-state index contributed by atoms with van der Waals surface area (Å²) in [4.78, 5) is 15.9. The third-order valence-electron chi connectivity index (χ3n) is 5.76. The van der Waals surface area contributed by atoms with Gasteiger partial charge in [0, 0.05) is 16.7 Å². The van der Waals surface area contributed by atoms with Crippen LogP contribution in [0.4, 0.5) is 0 Å². The Labute approximate surface area is 170 Å². The molecule has 0 saturated carbocycles. The number of aryl methyl sites for hydroxylation is 1. The summed E-state index contributed by atoms with van der Waals surface area (Å²) in [6.07, 6.45) is 5.67. The molecule has 0 amide bonds. The molecule has 0 saturated heterocycles. The first-order valence-electron chi connectivity index (χ1n) is 10.1. The van der Waals surface area contributed by atoms with E-state index in [1.807, 2.05) is 36.4 Å². The maximum atomic E-state index is 13.3. The first kappa shape index (κ1) is 21.7. The Morgan fingerprint density at radius 1 is 1.00 bits per heavy atom. The van der Waals surface area contributed by atoms with Crippen molar-refractivity contribution in [2.45, 2.75) is 58.4 Å². The minimum Gasteiger partial charge on any atom is -0.294 e. The molecule has 0 aliphatic heterocycles. The number of ketones is 1. The van der Waals surface area contributed by atoms with Crippen LogP contribution in [-0.4, -0.2) is 23.8 Å². The number of hydrogen-bond donors (Lipinski definition) is 0. The van der Waals surface area contributed by atoms with Crippen molar-refractivity contribution in [3.63, 3.8) is 0 Å². The molecule has 0 spiro atoms. The number of carbonyl (C=O) groups is 1. The average Bonchev–Trinajstić information content (AvgIpc) is 2.68. The Balaban J connectivity index is 0.00000261. The summed E-state index contributed by atoms with van der Waals surface area (Å²) < 4.78 is 0. The quantitative estimate of drug-likeness (QED) is 0.543. The Bertz CT molecular complexity index is 752. The number of hydrogen-bond acceptors (Lipinski definition) is 2. The molecular weight excluding hydrogens is 354 g/mol. The second-order valence-electron chi connectivity index (χ2n) is 7.65. The largest absolute Gasteiger partial charge is 0.294 e. The molecule has 0 N–H and O–H groups in total. The van der Waals surface area contributed by atoms with Gasteiger partial charge in [-0.05, 0) is 63.2 Å². The molecule has 27 heavy (non-hydrogen) atoms. The van der Waals surface area contributed by atoms with E-state index in [1.165, 1.54) is 17.5 Å². The standard InChI is InChI=1S/C24H31NO.ClH/c1-4-17-25(18-5-2)24(3)16-10-14-19-13-9-15-21(22(19)24)23(26)20-11-7-6-8-12-20;/h6-9,11-13,15H,4-5,10,14,16-18H2,1-3H3;1H/t24-;/m0./s1. The highest BCUT2D eigenvalue weighted by Crippen LogP contribution is 2.42. The van der Waals surface area contributed by atoms with Crippen LogP contribution < -0.4 is 0 Å². The lowest BCUT2D eigenvalue weighted by Gasteiger charge is -2.46. The van der Waals surface area contributed by atoms with Gasteiger partial charge in [-0.25, -0.2) is 0 Å². The molecule has 146 valence electrons. The molecule has 1 aliphatic carbocycles. The van der Waals surface area contributed by atoms with Crippen LogP contribution in [0.25, 0.3) is 0 Å². The topological polar surface area (TPSA) is 20.3 Å². The smallest absolute Gasteiger partial charge is 0.193 e. The second-order valence-corrected chi connectivity index (χ2v) is 7.65. The average molecular weight is 386 g/mol. The number of carbonyl (C=O) groups excluding carboxylic acids is 1. The van der Waals surface area contributed by atoms with Crippen LogP contribution in [0.5, 0.6) is 0 Å². The lowest BCUT2D eigenvalue weighted by molar-refractivity contribution is 0.0808. The molecule has 0 radical (unpaired) electrons. The van der Waals surface area contributed by atoms with Gasteiger partial charge < -0.3 is 0 Å². The van der Waals surface area contributed by atoms with E-state index in [0.717, 1.165) is 49.9 Å². The molecule has 1 atom stereocenters. The Kier molecular flexibility index (Phi) is 7.64. The molecule has 2 aromatic rings. The third kappa shape index (κ3) is 4.28. The van der Waals surface area contributed by atoms with Crippen molar-refractivity contribution in [3.05, 3.63) is 70.8 Å².